The van der Waals surface area contributed by atoms with E-state index in [2.05, 4.69) is 32.0 Å². The van der Waals surface area contributed by atoms with E-state index in [0.717, 1.165) is 41.7 Å². The number of pyridine rings is 1. The molecular formula is C18H18N4O. The Labute approximate surface area is 134 Å². The summed E-state index contributed by atoms with van der Waals surface area (Å²) in [7, 11) is 0. The number of nitrogens with zero attached hydrogens (tertiary/aromatic N) is 3. The van der Waals surface area contributed by atoms with Crippen molar-refractivity contribution in [3.05, 3.63) is 69.5 Å². The molecule has 1 N–H and O–H groups in total. The van der Waals surface area contributed by atoms with E-state index in [0.29, 0.717) is 12.4 Å². The van der Waals surface area contributed by atoms with Crippen molar-refractivity contribution < 1.29 is 0 Å². The van der Waals surface area contributed by atoms with Gasteiger partial charge in [-0.2, -0.15) is 0 Å². The normalized spacial score (nSPS) is 14.8. The molecule has 0 saturated heterocycles. The maximum Gasteiger partial charge on any atom is 0.255 e. The number of H-pyrrole nitrogens is 1. The van der Waals surface area contributed by atoms with Gasteiger partial charge in [0.1, 0.15) is 5.82 Å². The van der Waals surface area contributed by atoms with Gasteiger partial charge in [0.15, 0.2) is 0 Å². The van der Waals surface area contributed by atoms with E-state index in [4.69, 9.17) is 0 Å². The van der Waals surface area contributed by atoms with Crippen LogP contribution in [-0.2, 0) is 19.5 Å². The van der Waals surface area contributed by atoms with Gasteiger partial charge in [0.05, 0.1) is 16.8 Å². The lowest BCUT2D eigenvalue weighted by Gasteiger charge is -2.27. The minimum Gasteiger partial charge on any atom is -0.310 e. The lowest BCUT2D eigenvalue weighted by atomic mass is 10.1. The second-order valence-corrected chi connectivity index (χ2v) is 6.07. The van der Waals surface area contributed by atoms with Crippen LogP contribution in [0.3, 0.4) is 0 Å². The van der Waals surface area contributed by atoms with Crippen molar-refractivity contribution in [2.45, 2.75) is 26.4 Å². The third-order valence-corrected chi connectivity index (χ3v) is 4.32. The minimum atomic E-state index is -0.00571. The van der Waals surface area contributed by atoms with Gasteiger partial charge in [-0.05, 0) is 24.6 Å². The summed E-state index contributed by atoms with van der Waals surface area (Å²) in [5.41, 5.74) is 3.92. The molecule has 1 aliphatic heterocycles. The summed E-state index contributed by atoms with van der Waals surface area (Å²) in [6.07, 6.45) is 2.75. The van der Waals surface area contributed by atoms with E-state index in [1.54, 1.807) is 0 Å². The number of para-hydroxylation sites is 1. The number of nitrogens with one attached hydrogen (secondary N) is 1. The average Bonchev–Trinajstić information content (AvgIpc) is 2.55. The highest BCUT2D eigenvalue weighted by Gasteiger charge is 2.20. The second kappa shape index (κ2) is 5.59. The van der Waals surface area contributed by atoms with Crippen LogP contribution in [0.15, 0.2) is 41.3 Å². The smallest absolute Gasteiger partial charge is 0.255 e. The molecular weight excluding hydrogens is 288 g/mol. The number of hydrogen-bond donors (Lipinski definition) is 1. The standard InChI is InChI=1S/C18H18N4O/c1-12-20-17-6-7-22(11-15(17)18(23)21-12)10-13-8-14-4-2-3-5-16(14)19-9-13/h2-5,8-9H,6-7,10-11H2,1H3,(H,20,21,23). The molecule has 0 spiro atoms. The number of fused-ring (bicyclic) bond motifs is 2. The molecule has 0 bridgehead atoms. The van der Waals surface area contributed by atoms with E-state index in [1.807, 2.05) is 31.3 Å². The maximum absolute atomic E-state index is 12.1. The van der Waals surface area contributed by atoms with Crippen LogP contribution in [0.25, 0.3) is 10.9 Å². The highest BCUT2D eigenvalue weighted by molar-refractivity contribution is 5.78. The Kier molecular flexibility index (Phi) is 3.42. The Morgan fingerprint density at radius 1 is 1.30 bits per heavy atom. The predicted octanol–water partition coefficient (Wildman–Crippen LogP) is 2.18. The first kappa shape index (κ1) is 14.1. The fourth-order valence-electron chi connectivity index (χ4n) is 3.20. The van der Waals surface area contributed by atoms with Crippen LogP contribution >= 0.6 is 0 Å². The molecule has 0 radical (unpaired) electrons. The van der Waals surface area contributed by atoms with Crippen molar-refractivity contribution in [3.8, 4) is 0 Å². The number of aromatic nitrogens is 3. The van der Waals surface area contributed by atoms with E-state index < -0.39 is 0 Å². The molecule has 5 heteroatoms. The predicted molar refractivity (Wildman–Crippen MR) is 89.2 cm³/mol. The SMILES string of the molecule is Cc1nc2c(c(=O)[nH]1)CN(Cc1cnc3ccccc3c1)CC2. The van der Waals surface area contributed by atoms with Crippen LogP contribution in [0.1, 0.15) is 22.6 Å². The van der Waals surface area contributed by atoms with Crippen LogP contribution < -0.4 is 5.56 Å². The number of aryl methyl sites for hydroxylation is 1. The lowest BCUT2D eigenvalue weighted by Crippen LogP contribution is -2.35. The summed E-state index contributed by atoms with van der Waals surface area (Å²) in [4.78, 5) is 26.2. The molecule has 3 heterocycles. The highest BCUT2D eigenvalue weighted by atomic mass is 16.1. The zero-order valence-corrected chi connectivity index (χ0v) is 13.0. The van der Waals surface area contributed by atoms with Crippen molar-refractivity contribution in [2.24, 2.45) is 0 Å². The van der Waals surface area contributed by atoms with E-state index in [9.17, 15) is 4.79 Å². The van der Waals surface area contributed by atoms with E-state index in [1.165, 1.54) is 5.56 Å². The molecule has 3 aromatic rings. The van der Waals surface area contributed by atoms with Crippen molar-refractivity contribution in [3.63, 3.8) is 0 Å². The first-order valence-electron chi connectivity index (χ1n) is 7.84. The van der Waals surface area contributed by atoms with Gasteiger partial charge < -0.3 is 4.98 Å². The van der Waals surface area contributed by atoms with E-state index in [-0.39, 0.29) is 5.56 Å². The zero-order valence-electron chi connectivity index (χ0n) is 13.0. The first-order chi connectivity index (χ1) is 11.2. The van der Waals surface area contributed by atoms with Gasteiger partial charge in [-0.1, -0.05) is 18.2 Å². The molecule has 2 aromatic heterocycles. The average molecular weight is 306 g/mol. The Hall–Kier alpha value is -2.53. The summed E-state index contributed by atoms with van der Waals surface area (Å²) in [6.45, 7) is 4.18. The number of aromatic amines is 1. The van der Waals surface area contributed by atoms with Crippen molar-refractivity contribution in [2.75, 3.05) is 6.54 Å². The van der Waals surface area contributed by atoms with Crippen LogP contribution in [0.5, 0.6) is 0 Å². The molecule has 116 valence electrons. The van der Waals surface area contributed by atoms with Gasteiger partial charge in [-0.25, -0.2) is 4.98 Å². The molecule has 0 saturated carbocycles. The molecule has 4 rings (SSSR count). The topological polar surface area (TPSA) is 61.9 Å². The summed E-state index contributed by atoms with van der Waals surface area (Å²) in [5, 5.41) is 1.15. The number of rotatable bonds is 2. The largest absolute Gasteiger partial charge is 0.310 e. The van der Waals surface area contributed by atoms with Crippen LogP contribution in [0.2, 0.25) is 0 Å². The zero-order chi connectivity index (χ0) is 15.8. The molecule has 0 unspecified atom stereocenters. The van der Waals surface area contributed by atoms with Gasteiger partial charge in [0.2, 0.25) is 0 Å². The van der Waals surface area contributed by atoms with Crippen LogP contribution in [0, 0.1) is 6.92 Å². The van der Waals surface area contributed by atoms with Crippen LogP contribution in [-0.4, -0.2) is 26.4 Å². The van der Waals surface area contributed by atoms with Crippen molar-refractivity contribution >= 4 is 10.9 Å². The summed E-state index contributed by atoms with van der Waals surface area (Å²) in [6, 6.07) is 10.3. The molecule has 0 amide bonds. The van der Waals surface area contributed by atoms with E-state index >= 15 is 0 Å². The fourth-order valence-corrected chi connectivity index (χ4v) is 3.20. The molecule has 23 heavy (non-hydrogen) atoms. The third kappa shape index (κ3) is 2.75. The van der Waals surface area contributed by atoms with Gasteiger partial charge in [-0.3, -0.25) is 14.7 Å². The Morgan fingerprint density at radius 2 is 2.17 bits per heavy atom. The third-order valence-electron chi connectivity index (χ3n) is 4.32. The first-order valence-corrected chi connectivity index (χ1v) is 7.84. The van der Waals surface area contributed by atoms with Gasteiger partial charge in [-0.15, -0.1) is 0 Å². The summed E-state index contributed by atoms with van der Waals surface area (Å²) < 4.78 is 0. The van der Waals surface area contributed by atoms with Crippen LogP contribution in [0.4, 0.5) is 0 Å². The van der Waals surface area contributed by atoms with Gasteiger partial charge >= 0.3 is 0 Å². The quantitative estimate of drug-likeness (QED) is 0.788. The Balaban J connectivity index is 1.58. The fraction of sp³-hybridized carbons (Fsp3) is 0.278. The highest BCUT2D eigenvalue weighted by Crippen LogP contribution is 2.18. The molecule has 0 aliphatic carbocycles. The molecule has 0 fully saturated rings. The molecule has 1 aliphatic rings. The maximum atomic E-state index is 12.1. The summed E-state index contributed by atoms with van der Waals surface area (Å²) in [5.74, 6) is 0.695. The molecule has 0 atom stereocenters. The number of benzene rings is 1. The Morgan fingerprint density at radius 3 is 3.09 bits per heavy atom. The van der Waals surface area contributed by atoms with Crippen molar-refractivity contribution in [1.82, 2.24) is 19.9 Å². The minimum absolute atomic E-state index is 0.00571. The summed E-state index contributed by atoms with van der Waals surface area (Å²) >= 11 is 0. The monoisotopic (exact) mass is 306 g/mol. The van der Waals surface area contributed by atoms with Crippen molar-refractivity contribution in [1.29, 1.82) is 0 Å². The second-order valence-electron chi connectivity index (χ2n) is 6.07. The molecule has 5 nitrogen and oxygen atoms in total. The Bertz CT molecular complexity index is 932. The van der Waals surface area contributed by atoms with Gasteiger partial charge in [0, 0.05) is 37.6 Å². The molecule has 1 aromatic carbocycles. The lowest BCUT2D eigenvalue weighted by molar-refractivity contribution is 0.241. The van der Waals surface area contributed by atoms with Gasteiger partial charge in [0.25, 0.3) is 5.56 Å². The number of hydrogen-bond acceptors (Lipinski definition) is 4.